The van der Waals surface area contributed by atoms with E-state index in [1.54, 1.807) is 24.3 Å². The van der Waals surface area contributed by atoms with E-state index in [0.29, 0.717) is 17.8 Å². The van der Waals surface area contributed by atoms with Crippen LogP contribution in [0, 0.1) is 6.92 Å². The van der Waals surface area contributed by atoms with Gasteiger partial charge in [-0.05, 0) is 51.4 Å². The van der Waals surface area contributed by atoms with Crippen LogP contribution in [0.15, 0.2) is 40.8 Å². The van der Waals surface area contributed by atoms with Gasteiger partial charge in [-0.25, -0.2) is 0 Å². The third kappa shape index (κ3) is 5.36. The lowest BCUT2D eigenvalue weighted by Crippen LogP contribution is -2.34. The molecule has 0 bridgehead atoms. The molecule has 1 aromatic carbocycles. The molecule has 2 rings (SSSR count). The smallest absolute Gasteiger partial charge is 0.322 e. The van der Waals surface area contributed by atoms with Gasteiger partial charge in [0.05, 0.1) is 6.04 Å². The van der Waals surface area contributed by atoms with Crippen molar-refractivity contribution < 1.29 is 19.1 Å². The van der Waals surface area contributed by atoms with Crippen LogP contribution in [0.4, 0.5) is 5.69 Å². The Morgan fingerprint density at radius 2 is 2.00 bits per heavy atom. The molecule has 0 aliphatic heterocycles. The highest BCUT2D eigenvalue weighted by Gasteiger charge is 2.19. The number of hydrogen-bond donors (Lipinski definition) is 3. The van der Waals surface area contributed by atoms with Crippen LogP contribution in [-0.4, -0.2) is 49.1 Å². The Balaban J connectivity index is 2.01. The Kier molecular flexibility index (Phi) is 6.19. The molecule has 0 aliphatic carbocycles. The third-order valence-electron chi connectivity index (χ3n) is 3.74. The number of carboxylic acid groups (broad SMARTS) is 1. The standard InChI is InChI=1S/C18H23N3O4/c1-12-7-8-16(25-12)15(21(2)3)10-20-18(24)13-5-4-6-14(9-13)19-11-17(22)23/h4-9,15,19H,10-11H2,1-3H3,(H,20,24)(H,22,23)/t15-/m0/s1. The second-order valence-electron chi connectivity index (χ2n) is 5.97. The van der Waals surface area contributed by atoms with E-state index in [9.17, 15) is 9.59 Å². The molecule has 0 aliphatic rings. The number of amides is 1. The zero-order chi connectivity index (χ0) is 18.4. The largest absolute Gasteiger partial charge is 0.480 e. The average molecular weight is 345 g/mol. The number of aryl methyl sites for hydroxylation is 1. The lowest BCUT2D eigenvalue weighted by Gasteiger charge is -2.22. The zero-order valence-electron chi connectivity index (χ0n) is 14.6. The van der Waals surface area contributed by atoms with Gasteiger partial charge >= 0.3 is 5.97 Å². The van der Waals surface area contributed by atoms with E-state index in [-0.39, 0.29) is 18.5 Å². The van der Waals surface area contributed by atoms with E-state index in [2.05, 4.69) is 10.6 Å². The van der Waals surface area contributed by atoms with Crippen LogP contribution in [0.1, 0.15) is 27.9 Å². The minimum absolute atomic E-state index is 0.0778. The monoisotopic (exact) mass is 345 g/mol. The molecule has 1 heterocycles. The fourth-order valence-electron chi connectivity index (χ4n) is 2.41. The van der Waals surface area contributed by atoms with E-state index in [4.69, 9.17) is 9.52 Å². The lowest BCUT2D eigenvalue weighted by molar-refractivity contribution is -0.134. The molecule has 7 heteroatoms. The van der Waals surface area contributed by atoms with Crippen LogP contribution >= 0.6 is 0 Å². The number of nitrogens with one attached hydrogen (secondary N) is 2. The molecular formula is C18H23N3O4. The topological polar surface area (TPSA) is 94.8 Å². The summed E-state index contributed by atoms with van der Waals surface area (Å²) >= 11 is 0. The van der Waals surface area contributed by atoms with E-state index in [1.165, 1.54) is 0 Å². The summed E-state index contributed by atoms with van der Waals surface area (Å²) in [6, 6.07) is 10.5. The van der Waals surface area contributed by atoms with Gasteiger partial charge in [0.1, 0.15) is 18.1 Å². The maximum Gasteiger partial charge on any atom is 0.322 e. The molecule has 1 amide bonds. The average Bonchev–Trinajstić information content (AvgIpc) is 2.99. The van der Waals surface area contributed by atoms with Crippen molar-refractivity contribution in [1.29, 1.82) is 0 Å². The first kappa shape index (κ1) is 18.5. The number of carbonyl (C=O) groups is 2. The zero-order valence-corrected chi connectivity index (χ0v) is 14.6. The van der Waals surface area contributed by atoms with E-state index < -0.39 is 5.97 Å². The second-order valence-corrected chi connectivity index (χ2v) is 5.97. The molecule has 0 saturated carbocycles. The van der Waals surface area contributed by atoms with Gasteiger partial charge in [0.15, 0.2) is 0 Å². The second kappa shape index (κ2) is 8.34. The normalized spacial score (nSPS) is 12.0. The Hall–Kier alpha value is -2.80. The fraction of sp³-hybridized carbons (Fsp3) is 0.333. The van der Waals surface area contributed by atoms with Crippen molar-refractivity contribution in [3.8, 4) is 0 Å². The van der Waals surface area contributed by atoms with Crippen LogP contribution in [-0.2, 0) is 4.79 Å². The molecule has 2 aromatic rings. The molecule has 0 spiro atoms. The maximum atomic E-state index is 12.4. The predicted molar refractivity (Wildman–Crippen MR) is 94.8 cm³/mol. The highest BCUT2D eigenvalue weighted by Crippen LogP contribution is 2.20. The molecule has 1 aromatic heterocycles. The van der Waals surface area contributed by atoms with Crippen LogP contribution in [0.25, 0.3) is 0 Å². The van der Waals surface area contributed by atoms with Crippen LogP contribution in [0.5, 0.6) is 0 Å². The van der Waals surface area contributed by atoms with Crippen molar-refractivity contribution in [1.82, 2.24) is 10.2 Å². The summed E-state index contributed by atoms with van der Waals surface area (Å²) in [5.41, 5.74) is 1.05. The van der Waals surface area contributed by atoms with Gasteiger partial charge in [-0.3, -0.25) is 14.5 Å². The van der Waals surface area contributed by atoms with E-state index in [0.717, 1.165) is 11.5 Å². The summed E-state index contributed by atoms with van der Waals surface area (Å²) in [5.74, 6) is 0.427. The summed E-state index contributed by atoms with van der Waals surface area (Å²) < 4.78 is 5.66. The van der Waals surface area contributed by atoms with Crippen molar-refractivity contribution >= 4 is 17.6 Å². The number of likely N-dealkylation sites (N-methyl/N-ethyl adjacent to an activating group) is 1. The van der Waals surface area contributed by atoms with E-state index in [1.807, 2.05) is 38.1 Å². The van der Waals surface area contributed by atoms with Crippen molar-refractivity contribution in [2.24, 2.45) is 0 Å². The number of furan rings is 1. The molecule has 1 atom stereocenters. The van der Waals surface area contributed by atoms with Crippen LogP contribution < -0.4 is 10.6 Å². The van der Waals surface area contributed by atoms with Crippen molar-refractivity contribution in [3.63, 3.8) is 0 Å². The number of carboxylic acids is 1. The van der Waals surface area contributed by atoms with E-state index >= 15 is 0 Å². The first-order chi connectivity index (χ1) is 11.9. The van der Waals surface area contributed by atoms with Gasteiger partial charge in [0.25, 0.3) is 5.91 Å². The first-order valence-corrected chi connectivity index (χ1v) is 7.93. The van der Waals surface area contributed by atoms with Gasteiger partial charge in [-0.1, -0.05) is 6.07 Å². The van der Waals surface area contributed by atoms with Crippen LogP contribution in [0.2, 0.25) is 0 Å². The van der Waals surface area contributed by atoms with Gasteiger partial charge < -0.3 is 20.2 Å². The summed E-state index contributed by atoms with van der Waals surface area (Å²) in [4.78, 5) is 25.0. The predicted octanol–water partition coefficient (Wildman–Crippen LogP) is 2.12. The molecule has 0 unspecified atom stereocenters. The Morgan fingerprint density at radius 3 is 2.60 bits per heavy atom. The Morgan fingerprint density at radius 1 is 1.24 bits per heavy atom. The molecule has 0 saturated heterocycles. The fourth-order valence-corrected chi connectivity index (χ4v) is 2.41. The molecule has 0 radical (unpaired) electrons. The number of nitrogens with zero attached hydrogens (tertiary/aromatic N) is 1. The highest BCUT2D eigenvalue weighted by atomic mass is 16.4. The van der Waals surface area contributed by atoms with Crippen molar-refractivity contribution in [3.05, 3.63) is 53.5 Å². The molecule has 134 valence electrons. The Bertz CT molecular complexity index is 739. The number of benzene rings is 1. The number of anilines is 1. The van der Waals surface area contributed by atoms with Gasteiger partial charge in [0, 0.05) is 17.8 Å². The lowest BCUT2D eigenvalue weighted by atomic mass is 10.1. The number of carbonyl (C=O) groups excluding carboxylic acids is 1. The third-order valence-corrected chi connectivity index (χ3v) is 3.74. The van der Waals surface area contributed by atoms with Gasteiger partial charge in [-0.2, -0.15) is 0 Å². The summed E-state index contributed by atoms with van der Waals surface area (Å²) in [6.07, 6.45) is 0. The maximum absolute atomic E-state index is 12.4. The van der Waals surface area contributed by atoms with Gasteiger partial charge in [0.2, 0.25) is 0 Å². The summed E-state index contributed by atoms with van der Waals surface area (Å²) in [6.45, 7) is 2.07. The minimum Gasteiger partial charge on any atom is -0.480 e. The first-order valence-electron chi connectivity index (χ1n) is 7.93. The molecule has 0 fully saturated rings. The molecule has 3 N–H and O–H groups in total. The molecule has 25 heavy (non-hydrogen) atoms. The minimum atomic E-state index is -0.961. The number of hydrogen-bond acceptors (Lipinski definition) is 5. The summed E-state index contributed by atoms with van der Waals surface area (Å²) in [5, 5.41) is 14.3. The SMILES string of the molecule is Cc1ccc([C@H](CNC(=O)c2cccc(NCC(=O)O)c2)N(C)C)o1. The molecular weight excluding hydrogens is 322 g/mol. The van der Waals surface area contributed by atoms with Gasteiger partial charge in [-0.15, -0.1) is 0 Å². The van der Waals surface area contributed by atoms with Crippen molar-refractivity contribution in [2.45, 2.75) is 13.0 Å². The number of aliphatic carboxylic acids is 1. The quantitative estimate of drug-likeness (QED) is 0.678. The summed E-state index contributed by atoms with van der Waals surface area (Å²) in [7, 11) is 3.84. The molecule has 7 nitrogen and oxygen atoms in total. The van der Waals surface area contributed by atoms with Crippen molar-refractivity contribution in [2.75, 3.05) is 32.5 Å². The number of rotatable bonds is 8. The van der Waals surface area contributed by atoms with Crippen LogP contribution in [0.3, 0.4) is 0 Å². The Labute approximate surface area is 146 Å². The highest BCUT2D eigenvalue weighted by molar-refractivity contribution is 5.95.